The molecule has 0 fully saturated rings. The summed E-state index contributed by atoms with van der Waals surface area (Å²) in [6, 6.07) is 14.0. The number of nitrogens with zero attached hydrogens (tertiary/aromatic N) is 3. The number of ether oxygens (including phenoxy) is 1. The van der Waals surface area contributed by atoms with E-state index in [1.807, 2.05) is 0 Å². The normalized spacial score (nSPS) is 11.3. The van der Waals surface area contributed by atoms with Gasteiger partial charge in [0.25, 0.3) is 11.6 Å². The Hall–Kier alpha value is -5.25. The third kappa shape index (κ3) is 6.00. The molecule has 0 heterocycles. The fraction of sp³-hybridized carbons (Fsp3) is 0.0435. The molecule has 0 aliphatic heterocycles. The maximum Gasteiger partial charge on any atom is 0.416 e. The van der Waals surface area contributed by atoms with Gasteiger partial charge in [0.1, 0.15) is 17.4 Å². The number of alkyl halides is 3. The van der Waals surface area contributed by atoms with Crippen molar-refractivity contribution in [3.63, 3.8) is 0 Å². The maximum absolute atomic E-state index is 12.9. The number of carbonyl (C=O) groups excluding carboxylic acids is 1. The SMILES string of the molecule is N#C/C(=C\c1ccccc1Oc1ccc([N+](=O)[O-])cc1[N+](=O)[O-])C(=O)Nc1cccc(C(F)(F)F)c1. The van der Waals surface area contributed by atoms with Crippen molar-refractivity contribution in [2.75, 3.05) is 5.32 Å². The second-order valence-electron chi connectivity index (χ2n) is 7.01. The second kappa shape index (κ2) is 10.3. The van der Waals surface area contributed by atoms with Crippen LogP contribution in [0.3, 0.4) is 0 Å². The molecule has 3 aromatic carbocycles. The minimum Gasteiger partial charge on any atom is -0.449 e. The lowest BCUT2D eigenvalue weighted by Crippen LogP contribution is -2.14. The number of nitro groups is 2. The zero-order valence-corrected chi connectivity index (χ0v) is 17.9. The molecule has 1 amide bonds. The van der Waals surface area contributed by atoms with Crippen LogP contribution in [-0.2, 0) is 11.0 Å². The number of nitro benzene ring substituents is 2. The molecule has 3 aromatic rings. The van der Waals surface area contributed by atoms with Crippen LogP contribution in [0.2, 0.25) is 0 Å². The molecule has 0 bridgehead atoms. The minimum atomic E-state index is -4.63. The van der Waals surface area contributed by atoms with Crippen LogP contribution in [0.1, 0.15) is 11.1 Å². The van der Waals surface area contributed by atoms with Crippen LogP contribution in [-0.4, -0.2) is 15.8 Å². The Kier molecular flexibility index (Phi) is 7.29. The van der Waals surface area contributed by atoms with E-state index < -0.39 is 44.4 Å². The highest BCUT2D eigenvalue weighted by atomic mass is 19.4. The molecular weight excluding hydrogens is 485 g/mol. The molecule has 0 saturated heterocycles. The first kappa shape index (κ1) is 25.4. The number of carbonyl (C=O) groups is 1. The Balaban J connectivity index is 1.92. The van der Waals surface area contributed by atoms with E-state index in [0.717, 1.165) is 36.4 Å². The van der Waals surface area contributed by atoms with Gasteiger partial charge in [0.05, 0.1) is 21.5 Å². The maximum atomic E-state index is 12.9. The predicted octanol–water partition coefficient (Wildman–Crippen LogP) is 5.86. The lowest BCUT2D eigenvalue weighted by Gasteiger charge is -2.11. The lowest BCUT2D eigenvalue weighted by molar-refractivity contribution is -0.394. The van der Waals surface area contributed by atoms with Gasteiger partial charge in [0, 0.05) is 17.3 Å². The number of non-ortho nitro benzene ring substituents is 1. The number of hydrogen-bond donors (Lipinski definition) is 1. The van der Waals surface area contributed by atoms with Crippen LogP contribution < -0.4 is 10.1 Å². The number of amides is 1. The first-order valence-corrected chi connectivity index (χ1v) is 9.79. The zero-order valence-electron chi connectivity index (χ0n) is 17.9. The summed E-state index contributed by atoms with van der Waals surface area (Å²) in [6.45, 7) is 0. The van der Waals surface area contributed by atoms with Gasteiger partial charge in [0.15, 0.2) is 0 Å². The molecule has 10 nitrogen and oxygen atoms in total. The van der Waals surface area contributed by atoms with E-state index in [2.05, 4.69) is 5.32 Å². The summed E-state index contributed by atoms with van der Waals surface area (Å²) in [5.74, 6) is -1.37. The molecule has 0 aromatic heterocycles. The summed E-state index contributed by atoms with van der Waals surface area (Å²) < 4.78 is 44.3. The molecule has 0 radical (unpaired) electrons. The van der Waals surface area contributed by atoms with Crippen LogP contribution >= 0.6 is 0 Å². The van der Waals surface area contributed by atoms with E-state index in [9.17, 15) is 43.5 Å². The smallest absolute Gasteiger partial charge is 0.416 e. The van der Waals surface area contributed by atoms with E-state index in [4.69, 9.17) is 4.74 Å². The van der Waals surface area contributed by atoms with Gasteiger partial charge in [-0.2, -0.15) is 18.4 Å². The molecule has 0 aliphatic carbocycles. The molecule has 0 atom stereocenters. The quantitative estimate of drug-likeness (QED) is 0.186. The molecule has 0 saturated carbocycles. The summed E-state index contributed by atoms with van der Waals surface area (Å²) >= 11 is 0. The highest BCUT2D eigenvalue weighted by Gasteiger charge is 2.30. The van der Waals surface area contributed by atoms with Crippen molar-refractivity contribution in [3.05, 3.63) is 104 Å². The average Bonchev–Trinajstić information content (AvgIpc) is 2.83. The fourth-order valence-corrected chi connectivity index (χ4v) is 2.94. The largest absolute Gasteiger partial charge is 0.449 e. The van der Waals surface area contributed by atoms with Crippen molar-refractivity contribution in [3.8, 4) is 17.6 Å². The van der Waals surface area contributed by atoms with E-state index >= 15 is 0 Å². The minimum absolute atomic E-state index is 0.0333. The molecule has 0 spiro atoms. The number of nitriles is 1. The predicted molar refractivity (Wildman–Crippen MR) is 120 cm³/mol. The Morgan fingerprint density at radius 2 is 1.69 bits per heavy atom. The summed E-state index contributed by atoms with van der Waals surface area (Å²) in [7, 11) is 0. The zero-order chi connectivity index (χ0) is 26.5. The van der Waals surface area contributed by atoms with E-state index in [-0.39, 0.29) is 22.7 Å². The number of para-hydroxylation sites is 1. The van der Waals surface area contributed by atoms with Gasteiger partial charge in [-0.05, 0) is 36.4 Å². The molecule has 182 valence electrons. The summed E-state index contributed by atoms with van der Waals surface area (Å²) in [6.07, 6.45) is -3.55. The summed E-state index contributed by atoms with van der Waals surface area (Å²) in [4.78, 5) is 33.2. The number of nitrogens with one attached hydrogen (secondary N) is 1. The highest BCUT2D eigenvalue weighted by molar-refractivity contribution is 6.09. The van der Waals surface area contributed by atoms with Gasteiger partial charge in [-0.15, -0.1) is 0 Å². The van der Waals surface area contributed by atoms with Crippen molar-refractivity contribution >= 4 is 29.0 Å². The molecule has 0 aliphatic rings. The fourth-order valence-electron chi connectivity index (χ4n) is 2.94. The molecule has 3 rings (SSSR count). The number of rotatable bonds is 7. The van der Waals surface area contributed by atoms with Gasteiger partial charge in [-0.1, -0.05) is 24.3 Å². The van der Waals surface area contributed by atoms with Crippen molar-refractivity contribution in [1.29, 1.82) is 5.26 Å². The Labute approximate surface area is 200 Å². The molecular formula is C23H13F3N4O6. The van der Waals surface area contributed by atoms with Crippen LogP contribution in [0.4, 0.5) is 30.2 Å². The van der Waals surface area contributed by atoms with Crippen LogP contribution in [0, 0.1) is 31.6 Å². The van der Waals surface area contributed by atoms with E-state index in [0.29, 0.717) is 6.07 Å². The van der Waals surface area contributed by atoms with Crippen molar-refractivity contribution in [2.24, 2.45) is 0 Å². The summed E-state index contributed by atoms with van der Waals surface area (Å²) in [5, 5.41) is 34.0. The van der Waals surface area contributed by atoms with E-state index in [1.165, 1.54) is 30.3 Å². The summed E-state index contributed by atoms with van der Waals surface area (Å²) in [5.41, 5.74) is -2.78. The second-order valence-corrected chi connectivity index (χ2v) is 7.01. The van der Waals surface area contributed by atoms with Gasteiger partial charge in [0.2, 0.25) is 5.75 Å². The molecule has 13 heteroatoms. The Morgan fingerprint density at radius 3 is 2.33 bits per heavy atom. The highest BCUT2D eigenvalue weighted by Crippen LogP contribution is 2.36. The van der Waals surface area contributed by atoms with Crippen molar-refractivity contribution in [1.82, 2.24) is 0 Å². The van der Waals surface area contributed by atoms with Gasteiger partial charge in [-0.3, -0.25) is 25.0 Å². The van der Waals surface area contributed by atoms with Gasteiger partial charge in [-0.25, -0.2) is 0 Å². The van der Waals surface area contributed by atoms with Crippen molar-refractivity contribution in [2.45, 2.75) is 6.18 Å². The molecule has 1 N–H and O–H groups in total. The van der Waals surface area contributed by atoms with Crippen LogP contribution in [0.5, 0.6) is 11.5 Å². The first-order chi connectivity index (χ1) is 17.0. The monoisotopic (exact) mass is 498 g/mol. The average molecular weight is 498 g/mol. The van der Waals surface area contributed by atoms with Gasteiger partial charge < -0.3 is 10.1 Å². The number of hydrogen-bond acceptors (Lipinski definition) is 7. The third-order valence-corrected chi connectivity index (χ3v) is 4.60. The standard InChI is InChI=1S/C23H13F3N4O6/c24-23(25,26)16-5-3-6-17(11-16)28-22(31)15(13-27)10-14-4-1-2-7-20(14)36-21-9-8-18(29(32)33)12-19(21)30(34)35/h1-12H,(H,28,31)/b15-10+. The molecule has 0 unspecified atom stereocenters. The van der Waals surface area contributed by atoms with Gasteiger partial charge >= 0.3 is 11.9 Å². The van der Waals surface area contributed by atoms with E-state index in [1.54, 1.807) is 6.07 Å². The number of benzene rings is 3. The lowest BCUT2D eigenvalue weighted by atomic mass is 10.1. The number of anilines is 1. The third-order valence-electron chi connectivity index (χ3n) is 4.60. The Bertz CT molecular complexity index is 1430. The molecule has 36 heavy (non-hydrogen) atoms. The first-order valence-electron chi connectivity index (χ1n) is 9.79. The van der Waals surface area contributed by atoms with Crippen LogP contribution in [0.25, 0.3) is 6.08 Å². The Morgan fingerprint density at radius 1 is 0.972 bits per heavy atom. The topological polar surface area (TPSA) is 148 Å². The van der Waals surface area contributed by atoms with Crippen LogP contribution in [0.15, 0.2) is 72.3 Å². The van der Waals surface area contributed by atoms with Crippen molar-refractivity contribution < 1.29 is 32.5 Å². The number of halogens is 3.